The summed E-state index contributed by atoms with van der Waals surface area (Å²) in [6.45, 7) is 1.66. The van der Waals surface area contributed by atoms with E-state index in [0.717, 1.165) is 21.0 Å². The van der Waals surface area contributed by atoms with Crippen molar-refractivity contribution in [2.75, 3.05) is 5.75 Å². The third-order valence-corrected chi connectivity index (χ3v) is 5.97. The van der Waals surface area contributed by atoms with E-state index >= 15 is 0 Å². The van der Waals surface area contributed by atoms with E-state index in [9.17, 15) is 8.42 Å². The number of halogens is 1. The molecule has 0 saturated carbocycles. The Labute approximate surface area is 138 Å². The highest BCUT2D eigenvalue weighted by Gasteiger charge is 2.11. The van der Waals surface area contributed by atoms with Gasteiger partial charge in [-0.3, -0.25) is 0 Å². The lowest BCUT2D eigenvalue weighted by molar-refractivity contribution is 0.597. The molecule has 0 radical (unpaired) electrons. The van der Waals surface area contributed by atoms with Crippen molar-refractivity contribution in [2.24, 2.45) is 0 Å². The molecular weight excluding hydrogens is 360 g/mol. The second kappa shape index (κ2) is 5.86. The van der Waals surface area contributed by atoms with E-state index in [0.29, 0.717) is 4.90 Å². The van der Waals surface area contributed by atoms with Crippen molar-refractivity contribution in [1.82, 2.24) is 0 Å². The molecule has 112 valence electrons. The minimum Gasteiger partial charge on any atom is -0.224 e. The number of fused-ring (bicyclic) bond motifs is 1. The van der Waals surface area contributed by atoms with Gasteiger partial charge in [-0.05, 0) is 52.2 Å². The number of hydrogen-bond donors (Lipinski definition) is 0. The molecule has 0 N–H and O–H groups in total. The summed E-state index contributed by atoms with van der Waals surface area (Å²) in [6.07, 6.45) is 0. The molecule has 0 atom stereocenters. The van der Waals surface area contributed by atoms with Gasteiger partial charge in [0.05, 0.1) is 10.6 Å². The van der Waals surface area contributed by atoms with Crippen molar-refractivity contribution in [1.29, 1.82) is 0 Å². The molecule has 0 heterocycles. The van der Waals surface area contributed by atoms with Crippen molar-refractivity contribution in [3.05, 3.63) is 65.1 Å². The molecule has 0 aliphatic carbocycles. The number of hydrogen-bond acceptors (Lipinski definition) is 2. The van der Waals surface area contributed by atoms with Crippen molar-refractivity contribution in [3.63, 3.8) is 0 Å². The Kier molecular flexibility index (Phi) is 4.06. The zero-order valence-corrected chi connectivity index (χ0v) is 14.5. The normalized spacial score (nSPS) is 11.7. The Morgan fingerprint density at radius 1 is 0.818 bits per heavy atom. The van der Waals surface area contributed by atoms with Gasteiger partial charge in [-0.2, -0.15) is 0 Å². The Bertz CT molecular complexity index is 929. The minimum atomic E-state index is -3.14. The van der Waals surface area contributed by atoms with E-state index < -0.39 is 9.84 Å². The van der Waals surface area contributed by atoms with E-state index in [1.165, 1.54) is 5.39 Å². The molecule has 2 nitrogen and oxygen atoms in total. The summed E-state index contributed by atoms with van der Waals surface area (Å²) in [4.78, 5) is 0.378. The van der Waals surface area contributed by atoms with Crippen LogP contribution in [-0.2, 0) is 9.84 Å². The Morgan fingerprint density at radius 2 is 1.41 bits per heavy atom. The van der Waals surface area contributed by atoms with Crippen LogP contribution in [-0.4, -0.2) is 14.2 Å². The van der Waals surface area contributed by atoms with Crippen LogP contribution in [0.15, 0.2) is 70.0 Å². The number of benzene rings is 3. The first-order valence-corrected chi connectivity index (χ1v) is 9.46. The average Bonchev–Trinajstić information content (AvgIpc) is 2.54. The van der Waals surface area contributed by atoms with E-state index in [-0.39, 0.29) is 5.75 Å². The summed E-state index contributed by atoms with van der Waals surface area (Å²) in [7, 11) is -3.14. The molecule has 22 heavy (non-hydrogen) atoms. The Morgan fingerprint density at radius 3 is 2.09 bits per heavy atom. The maximum absolute atomic E-state index is 11.9. The zero-order chi connectivity index (χ0) is 15.7. The van der Waals surface area contributed by atoms with Crippen LogP contribution in [0.5, 0.6) is 0 Å². The van der Waals surface area contributed by atoms with Gasteiger partial charge >= 0.3 is 0 Å². The van der Waals surface area contributed by atoms with Gasteiger partial charge in [0, 0.05) is 4.47 Å². The Balaban J connectivity index is 2.02. The van der Waals surface area contributed by atoms with Gasteiger partial charge in [0.2, 0.25) is 0 Å². The van der Waals surface area contributed by atoms with E-state index in [2.05, 4.69) is 46.3 Å². The zero-order valence-electron chi connectivity index (χ0n) is 12.1. The summed E-state index contributed by atoms with van der Waals surface area (Å²) < 4.78 is 24.8. The summed E-state index contributed by atoms with van der Waals surface area (Å²) in [5.41, 5.74) is 2.09. The highest BCUT2D eigenvalue weighted by molar-refractivity contribution is 9.10. The van der Waals surface area contributed by atoms with E-state index in [1.807, 2.05) is 18.2 Å². The fraction of sp³-hybridized carbons (Fsp3) is 0.111. The van der Waals surface area contributed by atoms with Crippen molar-refractivity contribution in [3.8, 4) is 11.1 Å². The van der Waals surface area contributed by atoms with Crippen molar-refractivity contribution >= 4 is 36.5 Å². The van der Waals surface area contributed by atoms with Gasteiger partial charge in [-0.1, -0.05) is 53.2 Å². The van der Waals surface area contributed by atoms with E-state index in [4.69, 9.17) is 0 Å². The van der Waals surface area contributed by atoms with Crippen molar-refractivity contribution < 1.29 is 8.42 Å². The predicted molar refractivity (Wildman–Crippen MR) is 94.8 cm³/mol. The molecule has 3 aromatic rings. The lowest BCUT2D eigenvalue weighted by atomic mass is 10.0. The molecule has 0 fully saturated rings. The van der Waals surface area contributed by atoms with Crippen LogP contribution in [0.2, 0.25) is 0 Å². The van der Waals surface area contributed by atoms with E-state index in [1.54, 1.807) is 19.1 Å². The van der Waals surface area contributed by atoms with Gasteiger partial charge in [0.15, 0.2) is 9.84 Å². The SMILES string of the molecule is CCS(=O)(=O)c1ccc(-c2ccc3cc(Br)ccc3c2)cc1. The molecule has 0 bridgehead atoms. The fourth-order valence-corrected chi connectivity index (χ4v) is 3.68. The molecule has 0 spiro atoms. The highest BCUT2D eigenvalue weighted by Crippen LogP contribution is 2.27. The van der Waals surface area contributed by atoms with Crippen LogP contribution in [0.4, 0.5) is 0 Å². The first-order valence-electron chi connectivity index (χ1n) is 7.02. The maximum atomic E-state index is 11.9. The van der Waals surface area contributed by atoms with Crippen LogP contribution in [0.3, 0.4) is 0 Å². The third kappa shape index (κ3) is 2.94. The first kappa shape index (κ1) is 15.3. The highest BCUT2D eigenvalue weighted by atomic mass is 79.9. The van der Waals surface area contributed by atoms with Crippen LogP contribution in [0.25, 0.3) is 21.9 Å². The standard InChI is InChI=1S/C18H15BrO2S/c1-2-22(20,21)18-9-6-13(7-10-18)14-3-4-16-12-17(19)8-5-15(16)11-14/h3-12H,2H2,1H3. The van der Waals surface area contributed by atoms with Gasteiger partial charge in [0.1, 0.15) is 0 Å². The molecule has 3 aromatic carbocycles. The van der Waals surface area contributed by atoms with Crippen LogP contribution < -0.4 is 0 Å². The molecule has 0 aromatic heterocycles. The lowest BCUT2D eigenvalue weighted by Crippen LogP contribution is -2.03. The van der Waals surface area contributed by atoms with Gasteiger partial charge in [-0.15, -0.1) is 0 Å². The van der Waals surface area contributed by atoms with Gasteiger partial charge < -0.3 is 0 Å². The third-order valence-electron chi connectivity index (χ3n) is 3.73. The molecule has 0 aliphatic rings. The monoisotopic (exact) mass is 374 g/mol. The summed E-state index contributed by atoms with van der Waals surface area (Å²) in [6, 6.07) is 19.5. The number of rotatable bonds is 3. The summed E-state index contributed by atoms with van der Waals surface area (Å²) >= 11 is 3.47. The summed E-state index contributed by atoms with van der Waals surface area (Å²) in [5, 5.41) is 2.33. The average molecular weight is 375 g/mol. The molecule has 0 unspecified atom stereocenters. The van der Waals surface area contributed by atoms with Gasteiger partial charge in [-0.25, -0.2) is 8.42 Å². The minimum absolute atomic E-state index is 0.122. The quantitative estimate of drug-likeness (QED) is 0.641. The van der Waals surface area contributed by atoms with Crippen LogP contribution >= 0.6 is 15.9 Å². The topological polar surface area (TPSA) is 34.1 Å². The summed E-state index contributed by atoms with van der Waals surface area (Å²) in [5.74, 6) is 0.122. The number of sulfone groups is 1. The van der Waals surface area contributed by atoms with Gasteiger partial charge in [0.25, 0.3) is 0 Å². The van der Waals surface area contributed by atoms with Crippen LogP contribution in [0, 0.1) is 0 Å². The largest absolute Gasteiger partial charge is 0.224 e. The lowest BCUT2D eigenvalue weighted by Gasteiger charge is -2.06. The second-order valence-electron chi connectivity index (χ2n) is 5.13. The second-order valence-corrected chi connectivity index (χ2v) is 8.33. The van der Waals surface area contributed by atoms with Crippen LogP contribution in [0.1, 0.15) is 6.92 Å². The predicted octanol–water partition coefficient (Wildman–Crippen LogP) is 5.06. The molecule has 0 amide bonds. The molecule has 0 aliphatic heterocycles. The molecule has 4 heteroatoms. The maximum Gasteiger partial charge on any atom is 0.178 e. The molecular formula is C18H15BrO2S. The molecule has 0 saturated heterocycles. The fourth-order valence-electron chi connectivity index (χ4n) is 2.42. The first-order chi connectivity index (χ1) is 10.5. The smallest absolute Gasteiger partial charge is 0.178 e. The van der Waals surface area contributed by atoms with Crippen molar-refractivity contribution in [2.45, 2.75) is 11.8 Å². The Hall–Kier alpha value is -1.65. The molecule has 3 rings (SSSR count).